The minimum absolute atomic E-state index is 0.538. The standard InChI is InChI=1S/C16H36N2/c1-4-7-8-9-10-11-14-16(18-17)15(12-5-2)13-6-3/h15-16,18H,4-14,17H2,1-3H3. The first kappa shape index (κ1) is 17.9. The summed E-state index contributed by atoms with van der Waals surface area (Å²) in [7, 11) is 0. The fourth-order valence-electron chi connectivity index (χ4n) is 2.89. The number of hydrogen-bond donors (Lipinski definition) is 2. The van der Waals surface area contributed by atoms with Gasteiger partial charge in [0.1, 0.15) is 0 Å². The molecule has 0 amide bonds. The van der Waals surface area contributed by atoms with Gasteiger partial charge in [-0.3, -0.25) is 11.3 Å². The summed E-state index contributed by atoms with van der Waals surface area (Å²) in [6, 6.07) is 0.538. The molecular formula is C16H36N2. The third-order valence-electron chi connectivity index (χ3n) is 3.97. The van der Waals surface area contributed by atoms with Crippen LogP contribution in [0.4, 0.5) is 0 Å². The molecule has 0 aliphatic heterocycles. The van der Waals surface area contributed by atoms with Crippen molar-refractivity contribution in [3.05, 3.63) is 0 Å². The van der Waals surface area contributed by atoms with E-state index >= 15 is 0 Å². The van der Waals surface area contributed by atoms with Crippen molar-refractivity contribution in [1.82, 2.24) is 5.43 Å². The molecule has 0 fully saturated rings. The van der Waals surface area contributed by atoms with Crippen LogP contribution in [0.3, 0.4) is 0 Å². The third kappa shape index (κ3) is 8.93. The summed E-state index contributed by atoms with van der Waals surface area (Å²) in [5.74, 6) is 6.53. The highest BCUT2D eigenvalue weighted by Gasteiger charge is 2.18. The molecule has 0 aliphatic carbocycles. The SMILES string of the molecule is CCCCCCCCC(NN)C(CCC)CCC. The Morgan fingerprint density at radius 2 is 1.28 bits per heavy atom. The first-order valence-electron chi connectivity index (χ1n) is 8.26. The van der Waals surface area contributed by atoms with Crippen LogP contribution in [-0.2, 0) is 0 Å². The summed E-state index contributed by atoms with van der Waals surface area (Å²) in [5, 5.41) is 0. The van der Waals surface area contributed by atoms with Crippen molar-refractivity contribution in [3.63, 3.8) is 0 Å². The maximum Gasteiger partial charge on any atom is 0.0238 e. The van der Waals surface area contributed by atoms with Gasteiger partial charge in [-0.15, -0.1) is 0 Å². The van der Waals surface area contributed by atoms with Gasteiger partial charge < -0.3 is 0 Å². The monoisotopic (exact) mass is 256 g/mol. The molecular weight excluding hydrogens is 220 g/mol. The smallest absolute Gasteiger partial charge is 0.0238 e. The fraction of sp³-hybridized carbons (Fsp3) is 1.00. The first-order chi connectivity index (χ1) is 8.79. The number of nitrogens with two attached hydrogens (primary N) is 1. The van der Waals surface area contributed by atoms with E-state index in [4.69, 9.17) is 5.84 Å². The van der Waals surface area contributed by atoms with Crippen LogP contribution in [0, 0.1) is 5.92 Å². The maximum absolute atomic E-state index is 5.75. The summed E-state index contributed by atoms with van der Waals surface area (Å²) in [6.07, 6.45) is 14.7. The molecule has 2 heteroatoms. The maximum atomic E-state index is 5.75. The second kappa shape index (κ2) is 13.4. The second-order valence-corrected chi connectivity index (χ2v) is 5.67. The van der Waals surface area contributed by atoms with Crippen LogP contribution in [-0.4, -0.2) is 6.04 Å². The van der Waals surface area contributed by atoms with Crippen molar-refractivity contribution in [2.24, 2.45) is 11.8 Å². The fourth-order valence-corrected chi connectivity index (χ4v) is 2.89. The molecule has 0 aromatic heterocycles. The number of hydrogen-bond acceptors (Lipinski definition) is 2. The zero-order chi connectivity index (χ0) is 13.6. The van der Waals surface area contributed by atoms with E-state index < -0.39 is 0 Å². The van der Waals surface area contributed by atoms with Crippen molar-refractivity contribution in [1.29, 1.82) is 0 Å². The zero-order valence-electron chi connectivity index (χ0n) is 13.0. The number of hydrazine groups is 1. The Kier molecular flexibility index (Phi) is 13.3. The van der Waals surface area contributed by atoms with E-state index in [0.29, 0.717) is 6.04 Å². The average Bonchev–Trinajstić information content (AvgIpc) is 2.38. The van der Waals surface area contributed by atoms with Crippen LogP contribution < -0.4 is 11.3 Å². The molecule has 2 nitrogen and oxygen atoms in total. The van der Waals surface area contributed by atoms with Gasteiger partial charge in [0.2, 0.25) is 0 Å². The molecule has 1 unspecified atom stereocenters. The number of nitrogens with one attached hydrogen (secondary N) is 1. The van der Waals surface area contributed by atoms with Gasteiger partial charge in [-0.1, -0.05) is 72.1 Å². The van der Waals surface area contributed by atoms with Gasteiger partial charge in [0, 0.05) is 6.04 Å². The van der Waals surface area contributed by atoms with Crippen molar-refractivity contribution in [2.45, 2.75) is 97.4 Å². The quantitative estimate of drug-likeness (QED) is 0.282. The summed E-state index contributed by atoms with van der Waals surface area (Å²) in [5.41, 5.74) is 3.07. The number of unbranched alkanes of at least 4 members (excludes halogenated alkanes) is 5. The van der Waals surface area contributed by atoms with Crippen LogP contribution in [0.15, 0.2) is 0 Å². The van der Waals surface area contributed by atoms with Gasteiger partial charge in [0.05, 0.1) is 0 Å². The molecule has 0 rings (SSSR count). The van der Waals surface area contributed by atoms with Crippen LogP contribution >= 0.6 is 0 Å². The largest absolute Gasteiger partial charge is 0.271 e. The Hall–Kier alpha value is -0.0800. The van der Waals surface area contributed by atoms with Crippen molar-refractivity contribution in [2.75, 3.05) is 0 Å². The number of rotatable bonds is 13. The predicted molar refractivity (Wildman–Crippen MR) is 82.4 cm³/mol. The lowest BCUT2D eigenvalue weighted by molar-refractivity contribution is 0.292. The lowest BCUT2D eigenvalue weighted by Crippen LogP contribution is -2.40. The Balaban J connectivity index is 3.77. The van der Waals surface area contributed by atoms with Gasteiger partial charge in [0.15, 0.2) is 0 Å². The lowest BCUT2D eigenvalue weighted by atomic mass is 9.87. The van der Waals surface area contributed by atoms with Gasteiger partial charge in [-0.25, -0.2) is 0 Å². The van der Waals surface area contributed by atoms with Crippen LogP contribution in [0.2, 0.25) is 0 Å². The Bertz CT molecular complexity index is 153. The van der Waals surface area contributed by atoms with E-state index in [2.05, 4.69) is 26.2 Å². The van der Waals surface area contributed by atoms with E-state index in [1.165, 1.54) is 70.6 Å². The normalized spacial score (nSPS) is 13.2. The highest BCUT2D eigenvalue weighted by molar-refractivity contribution is 4.74. The molecule has 0 aromatic carbocycles. The highest BCUT2D eigenvalue weighted by atomic mass is 15.2. The molecule has 0 radical (unpaired) electrons. The van der Waals surface area contributed by atoms with Gasteiger partial charge in [0.25, 0.3) is 0 Å². The Morgan fingerprint density at radius 1 is 0.722 bits per heavy atom. The van der Waals surface area contributed by atoms with E-state index in [-0.39, 0.29) is 0 Å². The van der Waals surface area contributed by atoms with Crippen molar-refractivity contribution >= 4 is 0 Å². The van der Waals surface area contributed by atoms with E-state index in [1.54, 1.807) is 0 Å². The summed E-state index contributed by atoms with van der Waals surface area (Å²) < 4.78 is 0. The highest BCUT2D eigenvalue weighted by Crippen LogP contribution is 2.21. The molecule has 0 spiro atoms. The average molecular weight is 256 g/mol. The first-order valence-corrected chi connectivity index (χ1v) is 8.26. The van der Waals surface area contributed by atoms with Gasteiger partial charge >= 0.3 is 0 Å². The summed E-state index contributed by atoms with van der Waals surface area (Å²) in [4.78, 5) is 0. The molecule has 18 heavy (non-hydrogen) atoms. The molecule has 0 aliphatic rings. The Labute approximate surface area is 115 Å². The Morgan fingerprint density at radius 3 is 1.78 bits per heavy atom. The molecule has 0 bridgehead atoms. The molecule has 1 atom stereocenters. The van der Waals surface area contributed by atoms with Crippen molar-refractivity contribution in [3.8, 4) is 0 Å². The molecule has 110 valence electrons. The lowest BCUT2D eigenvalue weighted by Gasteiger charge is -2.26. The molecule has 0 heterocycles. The van der Waals surface area contributed by atoms with E-state index in [1.807, 2.05) is 0 Å². The summed E-state index contributed by atoms with van der Waals surface area (Å²) >= 11 is 0. The van der Waals surface area contributed by atoms with Gasteiger partial charge in [-0.05, 0) is 25.2 Å². The van der Waals surface area contributed by atoms with E-state index in [0.717, 1.165) is 5.92 Å². The molecule has 0 saturated heterocycles. The van der Waals surface area contributed by atoms with Crippen molar-refractivity contribution < 1.29 is 0 Å². The minimum atomic E-state index is 0.538. The van der Waals surface area contributed by atoms with Gasteiger partial charge in [-0.2, -0.15) is 0 Å². The second-order valence-electron chi connectivity index (χ2n) is 5.67. The zero-order valence-corrected chi connectivity index (χ0v) is 13.0. The molecule has 3 N–H and O–H groups in total. The molecule has 0 saturated carbocycles. The molecule has 0 aromatic rings. The summed E-state index contributed by atoms with van der Waals surface area (Å²) in [6.45, 7) is 6.83. The topological polar surface area (TPSA) is 38.0 Å². The van der Waals surface area contributed by atoms with Crippen LogP contribution in [0.5, 0.6) is 0 Å². The predicted octanol–water partition coefficient (Wildman–Crippen LogP) is 4.79. The van der Waals surface area contributed by atoms with Crippen LogP contribution in [0.1, 0.15) is 91.4 Å². The van der Waals surface area contributed by atoms with E-state index in [9.17, 15) is 0 Å². The third-order valence-corrected chi connectivity index (χ3v) is 3.97. The van der Waals surface area contributed by atoms with Crippen LogP contribution in [0.25, 0.3) is 0 Å². The minimum Gasteiger partial charge on any atom is -0.271 e.